The second-order valence-corrected chi connectivity index (χ2v) is 7.51. The zero-order valence-electron chi connectivity index (χ0n) is 3.04. The van der Waals surface area contributed by atoms with Crippen LogP contribution in [0.25, 0.3) is 0 Å². The van der Waals surface area contributed by atoms with Gasteiger partial charge in [-0.3, -0.25) is 3.07 Å². The molecule has 0 rings (SSSR count). The topological polar surface area (TPSA) is 9.23 Å². The summed E-state index contributed by atoms with van der Waals surface area (Å²) in [5.74, 6) is 0. The summed E-state index contributed by atoms with van der Waals surface area (Å²) in [6.45, 7) is 1.99. The Morgan fingerprint density at radius 3 is 1.67 bits per heavy atom. The fourth-order valence-corrected chi connectivity index (χ4v) is 0. The largest absolute Gasteiger partial charge is 0.288 e. The highest BCUT2D eigenvalue weighted by Gasteiger charge is 2.11. The quantitative estimate of drug-likeness (QED) is 0.465. The molecule has 0 aliphatic carbocycles. The van der Waals surface area contributed by atoms with E-state index in [4.69, 9.17) is 3.07 Å². The molecule has 0 radical (unpaired) electrons. The Hall–Kier alpha value is 2.15. The summed E-state index contributed by atoms with van der Waals surface area (Å²) in [7, 11) is 0. The highest BCUT2D eigenvalue weighted by atomic mass is 127. The van der Waals surface area contributed by atoms with Crippen molar-refractivity contribution < 1.29 is 3.07 Å². The normalized spacial score (nSPS) is 12.0. The van der Waals surface area contributed by atoms with Crippen molar-refractivity contribution in [2.75, 3.05) is 0 Å². The minimum absolute atomic E-state index is 0.0317. The first-order valence-corrected chi connectivity index (χ1v) is 4.27. The molecule has 0 aromatic carbocycles. The van der Waals surface area contributed by atoms with Gasteiger partial charge in [-0.1, -0.05) is 0 Å². The van der Waals surface area contributed by atoms with Crippen LogP contribution in [0.4, 0.5) is 0 Å². The van der Waals surface area contributed by atoms with Crippen molar-refractivity contribution in [1.29, 1.82) is 0 Å². The Bertz CT molecular complexity index is 38.5. The molecule has 38 valence electrons. The summed E-state index contributed by atoms with van der Waals surface area (Å²) in [4.78, 5) is 0. The maximum absolute atomic E-state index is 4.88. The van der Waals surface area contributed by atoms with Crippen LogP contribution in [-0.2, 0) is 3.07 Å². The average molecular weight is 424 g/mol. The van der Waals surface area contributed by atoms with Crippen molar-refractivity contribution in [2.45, 2.75) is 8.54 Å². The molecule has 0 aromatic rings. The van der Waals surface area contributed by atoms with E-state index in [1.165, 1.54) is 0 Å². The number of halogens is 3. The molecule has 0 atom stereocenters. The summed E-state index contributed by atoms with van der Waals surface area (Å²) in [5.41, 5.74) is 0. The van der Waals surface area contributed by atoms with Crippen LogP contribution in [0.3, 0.4) is 0 Å². The second-order valence-electron chi connectivity index (χ2n) is 0.885. The summed E-state index contributed by atoms with van der Waals surface area (Å²) in [6, 6.07) is 0. The molecule has 0 amide bonds. The van der Waals surface area contributed by atoms with Gasteiger partial charge in [0.05, 0.1) is 0 Å². The minimum atomic E-state index is -0.0317. The maximum atomic E-state index is 4.88. The Balaban J connectivity index is 3.17. The molecule has 1 nitrogen and oxygen atoms in total. The maximum Gasteiger partial charge on any atom is 0.178 e. The van der Waals surface area contributed by atoms with Gasteiger partial charge in [-0.15, -0.1) is 0 Å². The molecule has 0 spiro atoms. The van der Waals surface area contributed by atoms with Gasteiger partial charge < -0.3 is 0 Å². The monoisotopic (exact) mass is 424 g/mol. The Morgan fingerprint density at radius 1 is 1.50 bits per heavy atom. The van der Waals surface area contributed by atoms with E-state index in [1.807, 2.05) is 29.9 Å². The third-order valence-electron chi connectivity index (χ3n) is 0.135. The molecule has 4 heteroatoms. The van der Waals surface area contributed by atoms with Gasteiger partial charge in [0.2, 0.25) is 0 Å². The SMILES string of the molecule is CC(I)(I)OI. The second kappa shape index (κ2) is 3.23. The van der Waals surface area contributed by atoms with Gasteiger partial charge in [0.25, 0.3) is 0 Å². The van der Waals surface area contributed by atoms with E-state index in [2.05, 4.69) is 45.2 Å². The first-order chi connectivity index (χ1) is 2.56. The zero-order chi connectivity index (χ0) is 5.21. The van der Waals surface area contributed by atoms with Crippen LogP contribution >= 0.6 is 68.2 Å². The summed E-state index contributed by atoms with van der Waals surface area (Å²) < 4.78 is 4.85. The Labute approximate surface area is 78.6 Å². The van der Waals surface area contributed by atoms with Crippen molar-refractivity contribution in [3.63, 3.8) is 0 Å². The standard InChI is InChI=1S/C2H3I3O/c1-2(3,4)6-5/h1H3. The fraction of sp³-hybridized carbons (Fsp3) is 1.00. The third-order valence-corrected chi connectivity index (χ3v) is 3.14. The van der Waals surface area contributed by atoms with Gasteiger partial charge in [0.15, 0.2) is 1.61 Å². The van der Waals surface area contributed by atoms with Crippen LogP contribution in [-0.4, -0.2) is 1.61 Å². The van der Waals surface area contributed by atoms with E-state index < -0.39 is 0 Å². The van der Waals surface area contributed by atoms with E-state index in [-0.39, 0.29) is 1.61 Å². The minimum Gasteiger partial charge on any atom is -0.288 e. The van der Waals surface area contributed by atoms with Gasteiger partial charge in [0, 0.05) is 0 Å². The van der Waals surface area contributed by atoms with E-state index >= 15 is 0 Å². The van der Waals surface area contributed by atoms with Gasteiger partial charge in [-0.25, -0.2) is 0 Å². The van der Waals surface area contributed by atoms with Crippen molar-refractivity contribution in [3.05, 3.63) is 0 Å². The Kier molecular flexibility index (Phi) is 4.39. The van der Waals surface area contributed by atoms with E-state index in [1.54, 1.807) is 0 Å². The van der Waals surface area contributed by atoms with Crippen LogP contribution < -0.4 is 0 Å². The first-order valence-electron chi connectivity index (χ1n) is 1.24. The van der Waals surface area contributed by atoms with Gasteiger partial charge in [0.1, 0.15) is 23.0 Å². The van der Waals surface area contributed by atoms with E-state index in [0.29, 0.717) is 0 Å². The summed E-state index contributed by atoms with van der Waals surface area (Å²) in [5, 5.41) is 0. The number of rotatable bonds is 1. The molecule has 0 aromatic heterocycles. The molecule has 0 aliphatic heterocycles. The van der Waals surface area contributed by atoms with Crippen molar-refractivity contribution in [2.24, 2.45) is 0 Å². The van der Waals surface area contributed by atoms with Crippen LogP contribution in [0.15, 0.2) is 0 Å². The lowest BCUT2D eigenvalue weighted by atomic mass is 10.9. The fourth-order valence-electron chi connectivity index (χ4n) is 0. The van der Waals surface area contributed by atoms with Crippen LogP contribution in [0, 0.1) is 0 Å². The number of hydrogen-bond donors (Lipinski definition) is 0. The van der Waals surface area contributed by atoms with Gasteiger partial charge >= 0.3 is 0 Å². The molecule has 6 heavy (non-hydrogen) atoms. The molecule has 0 saturated carbocycles. The molecule has 0 fully saturated rings. The first kappa shape index (κ1) is 8.15. The lowest BCUT2D eigenvalue weighted by Gasteiger charge is -2.06. The molecule has 0 N–H and O–H groups in total. The van der Waals surface area contributed by atoms with E-state index in [0.717, 1.165) is 0 Å². The molecule has 0 aliphatic rings. The van der Waals surface area contributed by atoms with Gasteiger partial charge in [-0.2, -0.15) is 0 Å². The van der Waals surface area contributed by atoms with Gasteiger partial charge in [-0.05, 0) is 52.1 Å². The zero-order valence-corrected chi connectivity index (χ0v) is 9.51. The molecular weight excluding hydrogens is 421 g/mol. The number of hydrogen-bond acceptors (Lipinski definition) is 1. The van der Waals surface area contributed by atoms with E-state index in [9.17, 15) is 0 Å². The van der Waals surface area contributed by atoms with Crippen molar-refractivity contribution in [3.8, 4) is 0 Å². The van der Waals surface area contributed by atoms with Crippen molar-refractivity contribution >= 4 is 68.2 Å². The smallest absolute Gasteiger partial charge is 0.178 e. The van der Waals surface area contributed by atoms with Crippen LogP contribution in [0.2, 0.25) is 0 Å². The predicted octanol–water partition coefficient (Wildman–Crippen LogP) is 2.90. The van der Waals surface area contributed by atoms with Crippen LogP contribution in [0.1, 0.15) is 6.92 Å². The predicted molar refractivity (Wildman–Crippen MR) is 51.6 cm³/mol. The lowest BCUT2D eigenvalue weighted by molar-refractivity contribution is 0.419. The lowest BCUT2D eigenvalue weighted by Crippen LogP contribution is -2.00. The molecule has 0 unspecified atom stereocenters. The highest BCUT2D eigenvalue weighted by Crippen LogP contribution is 2.29. The summed E-state index contributed by atoms with van der Waals surface area (Å²) in [6.07, 6.45) is 0. The number of alkyl halides is 2. The molecular formula is C2H3I3O. The highest BCUT2D eigenvalue weighted by molar-refractivity contribution is 14.2. The van der Waals surface area contributed by atoms with Crippen LogP contribution in [0.5, 0.6) is 0 Å². The molecule has 0 saturated heterocycles. The third kappa shape index (κ3) is 6.15. The molecule has 0 bridgehead atoms. The molecule has 0 heterocycles. The van der Waals surface area contributed by atoms with Crippen molar-refractivity contribution in [1.82, 2.24) is 0 Å². The Morgan fingerprint density at radius 2 is 1.67 bits per heavy atom. The average Bonchev–Trinajstić information content (AvgIpc) is 1.35. The summed E-state index contributed by atoms with van der Waals surface area (Å²) >= 11 is 6.27.